The van der Waals surface area contributed by atoms with Crippen molar-refractivity contribution in [1.82, 2.24) is 15.5 Å². The van der Waals surface area contributed by atoms with E-state index in [1.807, 2.05) is 0 Å². The van der Waals surface area contributed by atoms with Crippen LogP contribution in [-0.4, -0.2) is 51.2 Å². The van der Waals surface area contributed by atoms with Crippen molar-refractivity contribution < 1.29 is 18.7 Å². The number of methoxy groups -OCH3 is 3. The van der Waals surface area contributed by atoms with Gasteiger partial charge in [-0.2, -0.15) is 4.98 Å². The predicted molar refractivity (Wildman–Crippen MR) is 93.5 cm³/mol. The Balaban J connectivity index is 1.97. The fourth-order valence-electron chi connectivity index (χ4n) is 3.20. The third-order valence-electron chi connectivity index (χ3n) is 4.55. The molecule has 1 saturated heterocycles. The molecule has 1 aromatic heterocycles. The van der Waals surface area contributed by atoms with E-state index in [2.05, 4.69) is 15.5 Å². The molecule has 2 heterocycles. The van der Waals surface area contributed by atoms with E-state index < -0.39 is 0 Å². The number of benzene rings is 1. The summed E-state index contributed by atoms with van der Waals surface area (Å²) in [6.45, 7) is 2.33. The van der Waals surface area contributed by atoms with E-state index in [9.17, 15) is 0 Å². The van der Waals surface area contributed by atoms with Gasteiger partial charge in [0.05, 0.1) is 31.3 Å². The van der Waals surface area contributed by atoms with Crippen molar-refractivity contribution in [3.63, 3.8) is 0 Å². The zero-order valence-electron chi connectivity index (χ0n) is 14.6. The van der Waals surface area contributed by atoms with Crippen LogP contribution in [0.25, 0.3) is 11.4 Å². The molecule has 0 saturated carbocycles. The van der Waals surface area contributed by atoms with E-state index in [0.717, 1.165) is 25.9 Å². The van der Waals surface area contributed by atoms with Gasteiger partial charge in [0.25, 0.3) is 0 Å². The van der Waals surface area contributed by atoms with Gasteiger partial charge in [-0.1, -0.05) is 16.8 Å². The van der Waals surface area contributed by atoms with Gasteiger partial charge in [-0.15, -0.1) is 0 Å². The maximum Gasteiger partial charge on any atom is 0.235 e. The van der Waals surface area contributed by atoms with Crippen LogP contribution in [0.1, 0.15) is 18.7 Å². The van der Waals surface area contributed by atoms with Crippen molar-refractivity contribution >= 4 is 11.6 Å². The van der Waals surface area contributed by atoms with Crippen molar-refractivity contribution in [2.24, 2.45) is 0 Å². The number of hydrogen-bond donors (Lipinski definition) is 1. The molecule has 0 spiro atoms. The van der Waals surface area contributed by atoms with Crippen molar-refractivity contribution in [3.8, 4) is 22.9 Å². The number of piperidine rings is 1. The molecule has 1 fully saturated rings. The lowest BCUT2D eigenvalue weighted by atomic mass is 9.79. The number of ether oxygens (including phenoxy) is 3. The molecule has 2 aromatic rings. The zero-order valence-corrected chi connectivity index (χ0v) is 15.4. The van der Waals surface area contributed by atoms with Gasteiger partial charge >= 0.3 is 0 Å². The molecule has 136 valence electrons. The monoisotopic (exact) mass is 367 g/mol. The number of rotatable bonds is 6. The van der Waals surface area contributed by atoms with Gasteiger partial charge in [0, 0.05) is 12.7 Å². The van der Waals surface area contributed by atoms with Crippen molar-refractivity contribution in [1.29, 1.82) is 0 Å². The highest BCUT2D eigenvalue weighted by Gasteiger charge is 2.39. The molecule has 0 atom stereocenters. The lowest BCUT2D eigenvalue weighted by Gasteiger charge is -2.33. The molecule has 1 aromatic carbocycles. The van der Waals surface area contributed by atoms with E-state index in [0.29, 0.717) is 40.4 Å². The highest BCUT2D eigenvalue weighted by atomic mass is 35.5. The lowest BCUT2D eigenvalue weighted by Crippen LogP contribution is -2.43. The Labute approximate surface area is 151 Å². The quantitative estimate of drug-likeness (QED) is 0.840. The average Bonchev–Trinajstić information content (AvgIpc) is 3.13. The first-order chi connectivity index (χ1) is 12.1. The largest absolute Gasteiger partial charge is 0.493 e. The van der Waals surface area contributed by atoms with Gasteiger partial charge in [0.1, 0.15) is 0 Å². The summed E-state index contributed by atoms with van der Waals surface area (Å²) in [4.78, 5) is 4.63. The summed E-state index contributed by atoms with van der Waals surface area (Å²) >= 11 is 6.28. The molecule has 1 aliphatic heterocycles. The summed E-state index contributed by atoms with van der Waals surface area (Å²) in [7, 11) is 4.79. The predicted octanol–water partition coefficient (Wildman–Crippen LogP) is 2.67. The Morgan fingerprint density at radius 1 is 1.20 bits per heavy atom. The normalized spacial score (nSPS) is 16.6. The number of nitrogens with zero attached hydrogens (tertiary/aromatic N) is 2. The molecule has 1 N–H and O–H groups in total. The van der Waals surface area contributed by atoms with Gasteiger partial charge in [0.2, 0.25) is 11.7 Å². The molecule has 3 rings (SSSR count). The number of halogens is 1. The second kappa shape index (κ2) is 7.59. The molecule has 1 aliphatic rings. The van der Waals surface area contributed by atoms with E-state index in [1.165, 1.54) is 0 Å². The maximum absolute atomic E-state index is 6.28. The van der Waals surface area contributed by atoms with Crippen LogP contribution in [0.5, 0.6) is 11.5 Å². The molecular weight excluding hydrogens is 346 g/mol. The summed E-state index contributed by atoms with van der Waals surface area (Å²) in [5.41, 5.74) is 0.449. The smallest absolute Gasteiger partial charge is 0.235 e. The van der Waals surface area contributed by atoms with Crippen LogP contribution in [0.4, 0.5) is 0 Å². The second-order valence-corrected chi connectivity index (χ2v) is 6.49. The first-order valence-electron chi connectivity index (χ1n) is 8.09. The second-order valence-electron chi connectivity index (χ2n) is 6.08. The summed E-state index contributed by atoms with van der Waals surface area (Å²) < 4.78 is 21.6. The Hall–Kier alpha value is -1.83. The Bertz CT molecular complexity index is 723. The van der Waals surface area contributed by atoms with Crippen LogP contribution < -0.4 is 14.8 Å². The highest BCUT2D eigenvalue weighted by Crippen LogP contribution is 2.39. The van der Waals surface area contributed by atoms with Gasteiger partial charge in [-0.05, 0) is 38.1 Å². The van der Waals surface area contributed by atoms with Gasteiger partial charge in [-0.3, -0.25) is 0 Å². The fourth-order valence-corrected chi connectivity index (χ4v) is 3.49. The SMILES string of the molecule is COCC1(c2nc(-c3cc(Cl)c(OC)c(OC)c3)no2)CCNCC1. The molecule has 0 unspecified atom stereocenters. The Kier molecular flexibility index (Phi) is 5.46. The van der Waals surface area contributed by atoms with Gasteiger partial charge in [-0.25, -0.2) is 0 Å². The number of aromatic nitrogens is 2. The summed E-state index contributed by atoms with van der Waals surface area (Å²) in [5.74, 6) is 2.05. The zero-order chi connectivity index (χ0) is 17.9. The summed E-state index contributed by atoms with van der Waals surface area (Å²) in [6.07, 6.45) is 1.77. The fraction of sp³-hybridized carbons (Fsp3) is 0.529. The van der Waals surface area contributed by atoms with E-state index in [1.54, 1.807) is 33.5 Å². The van der Waals surface area contributed by atoms with E-state index in [-0.39, 0.29) is 5.41 Å². The molecule has 0 amide bonds. The Morgan fingerprint density at radius 3 is 2.60 bits per heavy atom. The maximum atomic E-state index is 6.28. The highest BCUT2D eigenvalue weighted by molar-refractivity contribution is 6.32. The number of nitrogens with one attached hydrogen (secondary N) is 1. The first-order valence-corrected chi connectivity index (χ1v) is 8.47. The van der Waals surface area contributed by atoms with E-state index >= 15 is 0 Å². The van der Waals surface area contributed by atoms with Crippen molar-refractivity contribution in [2.75, 3.05) is 41.0 Å². The molecular formula is C17H22ClN3O4. The van der Waals surface area contributed by atoms with Gasteiger partial charge in [0.15, 0.2) is 11.5 Å². The molecule has 0 aliphatic carbocycles. The topological polar surface area (TPSA) is 78.6 Å². The summed E-state index contributed by atoms with van der Waals surface area (Å²) in [6, 6.07) is 3.52. The minimum absolute atomic E-state index is 0.258. The lowest BCUT2D eigenvalue weighted by molar-refractivity contribution is 0.0850. The molecule has 0 bridgehead atoms. The average molecular weight is 368 g/mol. The van der Waals surface area contributed by atoms with Gasteiger partial charge < -0.3 is 24.1 Å². The van der Waals surface area contributed by atoms with Crippen LogP contribution in [0.15, 0.2) is 16.7 Å². The van der Waals surface area contributed by atoms with Crippen LogP contribution in [0, 0.1) is 0 Å². The molecule has 0 radical (unpaired) electrons. The minimum atomic E-state index is -0.258. The molecule has 8 heteroatoms. The van der Waals surface area contributed by atoms with Crippen LogP contribution in [-0.2, 0) is 10.2 Å². The Morgan fingerprint density at radius 2 is 1.96 bits per heavy atom. The third-order valence-corrected chi connectivity index (χ3v) is 4.83. The van der Waals surface area contributed by atoms with Crippen LogP contribution in [0.3, 0.4) is 0 Å². The van der Waals surface area contributed by atoms with Crippen molar-refractivity contribution in [2.45, 2.75) is 18.3 Å². The van der Waals surface area contributed by atoms with Crippen LogP contribution >= 0.6 is 11.6 Å². The van der Waals surface area contributed by atoms with Crippen LogP contribution in [0.2, 0.25) is 5.02 Å². The standard InChI is InChI=1S/C17H22ClN3O4/c1-22-10-17(4-6-19-7-5-17)16-20-15(21-25-16)11-8-12(18)14(24-3)13(9-11)23-2/h8-9,19H,4-7,10H2,1-3H3. The first kappa shape index (κ1) is 18.0. The number of hydrogen-bond acceptors (Lipinski definition) is 7. The van der Waals surface area contributed by atoms with E-state index in [4.69, 9.17) is 30.3 Å². The molecule has 25 heavy (non-hydrogen) atoms. The van der Waals surface area contributed by atoms with Crippen molar-refractivity contribution in [3.05, 3.63) is 23.0 Å². The third kappa shape index (κ3) is 3.44. The summed E-state index contributed by atoms with van der Waals surface area (Å²) in [5, 5.41) is 7.92. The molecule has 7 nitrogen and oxygen atoms in total. The minimum Gasteiger partial charge on any atom is -0.493 e.